The van der Waals surface area contributed by atoms with Crippen LogP contribution in [0.15, 0.2) is 72.8 Å². The number of benzene rings is 4. The molecule has 0 atom stereocenters. The summed E-state index contributed by atoms with van der Waals surface area (Å²) >= 11 is 0. The summed E-state index contributed by atoms with van der Waals surface area (Å²) in [7, 11) is 0. The Morgan fingerprint density at radius 2 is 0.547 bits per heavy atom. The molecule has 0 fully saturated rings. The summed E-state index contributed by atoms with van der Waals surface area (Å²) in [6, 6.07) is 17.6. The van der Waals surface area contributed by atoms with Gasteiger partial charge in [0.15, 0.2) is 19.9 Å². The van der Waals surface area contributed by atoms with Gasteiger partial charge >= 0.3 is 65.0 Å². The van der Waals surface area contributed by atoms with Crippen molar-refractivity contribution in [1.29, 1.82) is 21.6 Å². The maximum Gasteiger partial charge on any atom is 2.00 e. The van der Waals surface area contributed by atoms with E-state index in [1.807, 2.05) is 0 Å². The van der Waals surface area contributed by atoms with Gasteiger partial charge in [0, 0.05) is 48.5 Å². The number of nitrogens with zero attached hydrogens (tertiary/aromatic N) is 12. The molecule has 20 nitrogen and oxygen atoms in total. The molecule has 53 heavy (non-hydrogen) atoms. The number of diazo groups is 4. The topological polar surface area (TPSA) is 285 Å². The summed E-state index contributed by atoms with van der Waals surface area (Å²) in [4.78, 5) is 50.3. The molecule has 0 aliphatic heterocycles. The van der Waals surface area contributed by atoms with Gasteiger partial charge in [-0.25, -0.2) is 0 Å². The van der Waals surface area contributed by atoms with Crippen LogP contribution < -0.4 is 0 Å². The summed E-state index contributed by atoms with van der Waals surface area (Å²) in [6.07, 6.45) is 0. The second-order valence-corrected chi connectivity index (χ2v) is 9.40. The summed E-state index contributed by atoms with van der Waals surface area (Å²) in [5.74, 6) is 0. The fourth-order valence-corrected chi connectivity index (χ4v) is 3.46. The number of nitro benzene ring substituents is 4. The van der Waals surface area contributed by atoms with Gasteiger partial charge in [0.25, 0.3) is 0 Å². The average molecular weight is 868 g/mol. The Morgan fingerprint density at radius 1 is 0.396 bits per heavy atom. The first-order valence-corrected chi connectivity index (χ1v) is 13.0. The zero-order valence-electron chi connectivity index (χ0n) is 27.9. The molecule has 0 aliphatic carbocycles. The molecule has 0 spiro atoms. The first-order valence-electron chi connectivity index (χ1n) is 13.0. The zero-order valence-corrected chi connectivity index (χ0v) is 34.1. The summed E-state index contributed by atoms with van der Waals surface area (Å²) < 4.78 is 0. The fraction of sp³-hybridized carbons (Fsp3) is 0.143. The van der Waals surface area contributed by atoms with Crippen molar-refractivity contribution in [2.45, 2.75) is 27.7 Å². The zero-order chi connectivity index (χ0) is 36.6. The number of hydrogen-bond donors (Lipinski definition) is 0. The number of nitro groups is 4. The molecule has 0 saturated heterocycles. The number of hydrogen-bond acceptors (Lipinski definition) is 12. The molecule has 4 aromatic carbocycles. The molecule has 0 amide bonds. The van der Waals surface area contributed by atoms with E-state index in [4.69, 9.17) is 21.6 Å². The van der Waals surface area contributed by atoms with Gasteiger partial charge in [0.2, 0.25) is 21.6 Å². The van der Waals surface area contributed by atoms with E-state index >= 15 is 0 Å². The van der Waals surface area contributed by atoms with Gasteiger partial charge in [-0.1, -0.05) is 24.3 Å². The second kappa shape index (κ2) is 27.6. The molecule has 0 unspecified atom stereocenters. The smallest absolute Gasteiger partial charge is 0.258 e. The van der Waals surface area contributed by atoms with Crippen LogP contribution in [0.25, 0.3) is 19.9 Å². The van der Waals surface area contributed by atoms with Crippen LogP contribution in [-0.2, 0) is 19.5 Å². The molecule has 0 aliphatic rings. The quantitative estimate of drug-likeness (QED) is 0.0800. The van der Waals surface area contributed by atoms with Gasteiger partial charge in [-0.05, 0) is 49.9 Å². The molecule has 0 N–H and O–H groups in total. The van der Waals surface area contributed by atoms with Crippen LogP contribution in [0.1, 0.15) is 22.3 Å². The van der Waals surface area contributed by atoms with Crippen molar-refractivity contribution in [3.8, 4) is 0 Å². The van der Waals surface area contributed by atoms with Crippen LogP contribution in [0.3, 0.4) is 0 Å². The molecule has 0 aromatic heterocycles. The SMILES string of the molecule is Cc1ccc([N+]#N)c([N+](=O)[O-])c1.Cc1ccc([N+]#N)c([N+](=O)[O-])c1.Cc1ccc([N+]#N)c([N+](=O)[O-])c1.Cc1ccc([N+]#N)c([N+](=O)[O-])c1.Cl.Cl.Cl.Cl.[Zn+2]. The van der Waals surface area contributed by atoms with Gasteiger partial charge in [-0.3, -0.25) is 40.5 Å². The van der Waals surface area contributed by atoms with Crippen LogP contribution >= 0.6 is 49.6 Å². The Hall–Kier alpha value is -6.06. The molecule has 272 valence electrons. The van der Waals surface area contributed by atoms with E-state index < -0.39 is 19.7 Å². The van der Waals surface area contributed by atoms with Gasteiger partial charge in [-0.15, -0.1) is 49.6 Å². The van der Waals surface area contributed by atoms with Crippen molar-refractivity contribution < 1.29 is 39.2 Å². The third-order valence-corrected chi connectivity index (χ3v) is 5.74. The molecule has 25 heteroatoms. The van der Waals surface area contributed by atoms with Gasteiger partial charge in [0.1, 0.15) is 0 Å². The van der Waals surface area contributed by atoms with Crippen molar-refractivity contribution in [2.75, 3.05) is 0 Å². The Balaban J connectivity index is -0.000000187. The average Bonchev–Trinajstić information content (AvgIpc) is 3.05. The predicted molar refractivity (Wildman–Crippen MR) is 199 cm³/mol. The Kier molecular flexibility index (Phi) is 29.4. The predicted octanol–water partition coefficient (Wildman–Crippen LogP) is 11.2. The monoisotopic (exact) mass is 864 g/mol. The van der Waals surface area contributed by atoms with Crippen LogP contribution in [-0.4, -0.2) is 19.7 Å². The molecule has 0 saturated carbocycles. The van der Waals surface area contributed by atoms with Gasteiger partial charge in [-0.2, -0.15) is 0 Å². The van der Waals surface area contributed by atoms with E-state index in [1.54, 1.807) is 52.0 Å². The molecule has 0 radical (unpaired) electrons. The fourth-order valence-electron chi connectivity index (χ4n) is 3.46. The van der Waals surface area contributed by atoms with Crippen LogP contribution in [0.2, 0.25) is 0 Å². The van der Waals surface area contributed by atoms with E-state index in [9.17, 15) is 40.5 Å². The van der Waals surface area contributed by atoms with E-state index in [2.05, 4.69) is 19.9 Å². The molecule has 4 rings (SSSR count). The van der Waals surface area contributed by atoms with Crippen molar-refractivity contribution in [3.63, 3.8) is 0 Å². The van der Waals surface area contributed by atoms with Crippen molar-refractivity contribution in [2.24, 2.45) is 0 Å². The van der Waals surface area contributed by atoms with Crippen molar-refractivity contribution >= 4 is 95.1 Å². The standard InChI is InChI=1S/4C7H6N3O2.4ClH.Zn/c4*1-5-2-3-6(9-8)7(4-5)10(11)12;;;;;/h4*2-4H,1H3;4*1H;/q4*+1;;;;;+2. The molecular weight excluding hydrogens is 840 g/mol. The van der Waals surface area contributed by atoms with Crippen molar-refractivity contribution in [3.05, 3.63) is 155 Å². The number of rotatable bonds is 4. The Bertz CT molecular complexity index is 1790. The first kappa shape index (κ1) is 56.3. The maximum absolute atomic E-state index is 10.4. The van der Waals surface area contributed by atoms with Crippen LogP contribution in [0.5, 0.6) is 0 Å². The number of aryl methyl sites for hydroxylation is 4. The number of halogens is 4. The first-order chi connectivity index (χ1) is 22.6. The second-order valence-electron chi connectivity index (χ2n) is 9.40. The van der Waals surface area contributed by atoms with E-state index in [0.29, 0.717) is 0 Å². The summed E-state index contributed by atoms with van der Waals surface area (Å²) in [6.45, 7) is 6.92. The van der Waals surface area contributed by atoms with Crippen LogP contribution in [0, 0.1) is 89.7 Å². The van der Waals surface area contributed by atoms with Crippen LogP contribution in [0.4, 0.5) is 45.5 Å². The Morgan fingerprint density at radius 3 is 0.660 bits per heavy atom. The minimum atomic E-state index is -0.581. The van der Waals surface area contributed by atoms with E-state index in [1.165, 1.54) is 48.5 Å². The molecule has 0 heterocycles. The van der Waals surface area contributed by atoms with Crippen molar-refractivity contribution in [1.82, 2.24) is 0 Å². The maximum atomic E-state index is 10.4. The largest absolute Gasteiger partial charge is 2.00 e. The summed E-state index contributed by atoms with van der Waals surface area (Å²) in [5.41, 5.74) is 2.21. The summed E-state index contributed by atoms with van der Waals surface area (Å²) in [5, 5.41) is 75.0. The molecule has 4 aromatic rings. The van der Waals surface area contributed by atoms with E-state index in [-0.39, 0.29) is 115 Å². The van der Waals surface area contributed by atoms with Gasteiger partial charge in [0.05, 0.1) is 19.7 Å². The molecular formula is C28H28Cl4N12O8Zn+6. The van der Waals surface area contributed by atoms with E-state index in [0.717, 1.165) is 22.3 Å². The normalized spacial score (nSPS) is 8.15. The molecule has 0 bridgehead atoms. The third kappa shape index (κ3) is 18.1. The minimum absolute atomic E-state index is 0. The Labute approximate surface area is 337 Å². The van der Waals surface area contributed by atoms with Gasteiger partial charge < -0.3 is 0 Å². The minimum Gasteiger partial charge on any atom is -0.258 e. The third-order valence-electron chi connectivity index (χ3n) is 5.74.